The molecule has 0 spiro atoms. The molecule has 0 unspecified atom stereocenters. The zero-order chi connectivity index (χ0) is 20.5. The van der Waals surface area contributed by atoms with Gasteiger partial charge in [0.15, 0.2) is 11.4 Å². The summed E-state index contributed by atoms with van der Waals surface area (Å²) in [5.41, 5.74) is 0.740. The lowest BCUT2D eigenvalue weighted by Gasteiger charge is -2.32. The van der Waals surface area contributed by atoms with Gasteiger partial charge in [-0.3, -0.25) is 9.59 Å². The normalized spacial score (nSPS) is 15.1. The number of aromatic amines is 1. The smallest absolute Gasteiger partial charge is 0.270 e. The van der Waals surface area contributed by atoms with E-state index in [1.54, 1.807) is 17.2 Å². The summed E-state index contributed by atoms with van der Waals surface area (Å²) in [6, 6.07) is 3.93. The number of furan rings is 1. The molecule has 1 aromatic carbocycles. The quantitative estimate of drug-likeness (QED) is 0.675. The zero-order valence-corrected chi connectivity index (χ0v) is 16.1. The maximum atomic E-state index is 13.7. The Kier molecular flexibility index (Phi) is 5.27. The van der Waals surface area contributed by atoms with E-state index >= 15 is 0 Å². The molecule has 0 radical (unpaired) electrons. The monoisotopic (exact) mass is 421 g/mol. The summed E-state index contributed by atoms with van der Waals surface area (Å²) in [4.78, 5) is 29.4. The van der Waals surface area contributed by atoms with Crippen molar-refractivity contribution in [2.45, 2.75) is 25.3 Å². The van der Waals surface area contributed by atoms with Gasteiger partial charge in [0.25, 0.3) is 5.91 Å². The fourth-order valence-corrected chi connectivity index (χ4v) is 3.73. The van der Waals surface area contributed by atoms with Crippen LogP contribution >= 0.6 is 11.6 Å². The highest BCUT2D eigenvalue weighted by Crippen LogP contribution is 2.26. The number of rotatable bonds is 4. The standard InChI is InChI=1S/C20H18ClF2N3O3/c21-12-8-16(24-9-12)20(28)26-5-3-13(4-6-26)25-17(27)7-11-10-29-19-14(11)1-2-15(22)18(19)23/h1-2,8-10,13,24H,3-7H2,(H,25,27). The summed E-state index contributed by atoms with van der Waals surface area (Å²) in [6.45, 7) is 1.03. The van der Waals surface area contributed by atoms with Crippen LogP contribution in [0.3, 0.4) is 0 Å². The summed E-state index contributed by atoms with van der Waals surface area (Å²) in [5.74, 6) is -2.42. The number of nitrogens with one attached hydrogen (secondary N) is 2. The summed E-state index contributed by atoms with van der Waals surface area (Å²) in [5, 5.41) is 3.79. The highest BCUT2D eigenvalue weighted by molar-refractivity contribution is 6.30. The van der Waals surface area contributed by atoms with Gasteiger partial charge in [-0.2, -0.15) is 4.39 Å². The second kappa shape index (κ2) is 7.87. The van der Waals surface area contributed by atoms with Gasteiger partial charge in [0.2, 0.25) is 11.7 Å². The van der Waals surface area contributed by atoms with E-state index in [-0.39, 0.29) is 29.9 Å². The van der Waals surface area contributed by atoms with Gasteiger partial charge in [-0.1, -0.05) is 11.6 Å². The third-order valence-electron chi connectivity index (χ3n) is 5.09. The number of H-pyrrole nitrogens is 1. The molecule has 1 saturated heterocycles. The van der Waals surface area contributed by atoms with Gasteiger partial charge in [0.05, 0.1) is 17.7 Å². The lowest BCUT2D eigenvalue weighted by atomic mass is 10.0. The number of fused-ring (bicyclic) bond motifs is 1. The van der Waals surface area contributed by atoms with Crippen molar-refractivity contribution in [2.24, 2.45) is 0 Å². The number of piperidine rings is 1. The minimum Gasteiger partial charge on any atom is -0.461 e. The van der Waals surface area contributed by atoms with Crippen molar-refractivity contribution in [3.05, 3.63) is 58.6 Å². The number of halogens is 3. The molecule has 2 aromatic heterocycles. The van der Waals surface area contributed by atoms with Gasteiger partial charge in [-0.15, -0.1) is 0 Å². The average molecular weight is 422 g/mol. The second-order valence-electron chi connectivity index (χ2n) is 7.04. The van der Waals surface area contributed by atoms with Crippen LogP contribution in [0.2, 0.25) is 5.02 Å². The molecule has 0 aliphatic carbocycles. The SMILES string of the molecule is O=C(Cc1coc2c(F)c(F)ccc12)NC1CCN(C(=O)c2cc(Cl)c[nH]2)CC1. The Morgan fingerprint density at radius 2 is 2.03 bits per heavy atom. The van der Waals surface area contributed by atoms with Crippen molar-refractivity contribution in [1.82, 2.24) is 15.2 Å². The first-order chi connectivity index (χ1) is 13.9. The molecule has 2 N–H and O–H groups in total. The number of aromatic nitrogens is 1. The first-order valence-corrected chi connectivity index (χ1v) is 9.57. The van der Waals surface area contributed by atoms with E-state index in [9.17, 15) is 18.4 Å². The number of carbonyl (C=O) groups excluding carboxylic acids is 2. The van der Waals surface area contributed by atoms with Crippen molar-refractivity contribution in [1.29, 1.82) is 0 Å². The molecule has 2 amide bonds. The van der Waals surface area contributed by atoms with E-state index in [0.717, 1.165) is 6.07 Å². The molecule has 1 aliphatic rings. The van der Waals surface area contributed by atoms with E-state index in [1.165, 1.54) is 12.3 Å². The van der Waals surface area contributed by atoms with Crippen LogP contribution in [0.5, 0.6) is 0 Å². The van der Waals surface area contributed by atoms with Gasteiger partial charge in [0.1, 0.15) is 5.69 Å². The Morgan fingerprint density at radius 1 is 1.28 bits per heavy atom. The maximum Gasteiger partial charge on any atom is 0.270 e. The molecule has 6 nitrogen and oxygen atoms in total. The zero-order valence-electron chi connectivity index (χ0n) is 15.3. The highest BCUT2D eigenvalue weighted by Gasteiger charge is 2.26. The molecule has 9 heteroatoms. The fraction of sp³-hybridized carbons (Fsp3) is 0.300. The molecule has 0 atom stereocenters. The molecule has 3 aromatic rings. The first kappa shape index (κ1) is 19.4. The van der Waals surface area contributed by atoms with E-state index < -0.39 is 11.6 Å². The number of carbonyl (C=O) groups is 2. The average Bonchev–Trinajstić information content (AvgIpc) is 3.31. The van der Waals surface area contributed by atoms with Crippen LogP contribution in [-0.4, -0.2) is 40.8 Å². The summed E-state index contributed by atoms with van der Waals surface area (Å²) >= 11 is 5.84. The van der Waals surface area contributed by atoms with Crippen LogP contribution in [0.25, 0.3) is 11.0 Å². The number of nitrogens with zero attached hydrogens (tertiary/aromatic N) is 1. The van der Waals surface area contributed by atoms with Crippen molar-refractivity contribution in [3.8, 4) is 0 Å². The topological polar surface area (TPSA) is 78.3 Å². The van der Waals surface area contributed by atoms with Crippen LogP contribution in [0, 0.1) is 11.6 Å². The van der Waals surface area contributed by atoms with Crippen LogP contribution in [0.1, 0.15) is 28.9 Å². The summed E-state index contributed by atoms with van der Waals surface area (Å²) < 4.78 is 32.1. The number of hydrogen-bond donors (Lipinski definition) is 2. The highest BCUT2D eigenvalue weighted by atomic mass is 35.5. The van der Waals surface area contributed by atoms with E-state index in [0.29, 0.717) is 47.6 Å². The second-order valence-corrected chi connectivity index (χ2v) is 7.48. The third kappa shape index (κ3) is 3.98. The van der Waals surface area contributed by atoms with Crippen LogP contribution in [-0.2, 0) is 11.2 Å². The Morgan fingerprint density at radius 3 is 2.72 bits per heavy atom. The van der Waals surface area contributed by atoms with Crippen molar-refractivity contribution >= 4 is 34.4 Å². The molecule has 0 bridgehead atoms. The molecule has 1 aliphatic heterocycles. The van der Waals surface area contributed by atoms with Crippen molar-refractivity contribution < 1.29 is 22.8 Å². The van der Waals surface area contributed by atoms with Crippen LogP contribution < -0.4 is 5.32 Å². The summed E-state index contributed by atoms with van der Waals surface area (Å²) in [7, 11) is 0. The largest absolute Gasteiger partial charge is 0.461 e. The molecule has 3 heterocycles. The minimum atomic E-state index is -1.06. The third-order valence-corrected chi connectivity index (χ3v) is 5.31. The number of benzene rings is 1. The number of hydrogen-bond acceptors (Lipinski definition) is 3. The molecule has 29 heavy (non-hydrogen) atoms. The predicted octanol–water partition coefficient (Wildman–Crippen LogP) is 3.66. The van der Waals surface area contributed by atoms with Gasteiger partial charge < -0.3 is 19.6 Å². The van der Waals surface area contributed by atoms with Gasteiger partial charge in [-0.25, -0.2) is 4.39 Å². The van der Waals surface area contributed by atoms with Crippen LogP contribution in [0.15, 0.2) is 35.1 Å². The maximum absolute atomic E-state index is 13.7. The molecule has 4 rings (SSSR count). The van der Waals surface area contributed by atoms with Gasteiger partial charge in [-0.05, 0) is 31.0 Å². The molecular formula is C20H18ClF2N3O3. The Bertz CT molecular complexity index is 1070. The van der Waals surface area contributed by atoms with Gasteiger partial charge in [0, 0.05) is 36.3 Å². The Balaban J connectivity index is 1.32. The first-order valence-electron chi connectivity index (χ1n) is 9.19. The molecule has 152 valence electrons. The predicted molar refractivity (Wildman–Crippen MR) is 103 cm³/mol. The Hall–Kier alpha value is -2.87. The fourth-order valence-electron chi connectivity index (χ4n) is 3.57. The molecule has 0 saturated carbocycles. The van der Waals surface area contributed by atoms with Crippen LogP contribution in [0.4, 0.5) is 8.78 Å². The van der Waals surface area contributed by atoms with E-state index in [4.69, 9.17) is 16.0 Å². The van der Waals surface area contributed by atoms with Crippen molar-refractivity contribution in [3.63, 3.8) is 0 Å². The lowest BCUT2D eigenvalue weighted by Crippen LogP contribution is -2.47. The number of likely N-dealkylation sites (tertiary alicyclic amines) is 1. The van der Waals surface area contributed by atoms with Crippen molar-refractivity contribution in [2.75, 3.05) is 13.1 Å². The lowest BCUT2D eigenvalue weighted by molar-refractivity contribution is -0.121. The van der Waals surface area contributed by atoms with E-state index in [2.05, 4.69) is 10.3 Å². The molecule has 1 fully saturated rings. The number of amides is 2. The minimum absolute atomic E-state index is 0.00179. The summed E-state index contributed by atoms with van der Waals surface area (Å²) in [6.07, 6.45) is 4.07. The van der Waals surface area contributed by atoms with E-state index in [1.807, 2.05) is 0 Å². The van der Waals surface area contributed by atoms with Gasteiger partial charge >= 0.3 is 0 Å². The Labute approximate surface area is 169 Å². The molecular weight excluding hydrogens is 404 g/mol.